The van der Waals surface area contributed by atoms with Crippen molar-refractivity contribution < 1.29 is 14.2 Å². The van der Waals surface area contributed by atoms with Crippen LogP contribution < -0.4 is 4.90 Å². The second-order valence-electron chi connectivity index (χ2n) is 27.2. The van der Waals surface area contributed by atoms with Gasteiger partial charge in [0.2, 0.25) is 0 Å². The zero-order valence-corrected chi connectivity index (χ0v) is 48.9. The van der Waals surface area contributed by atoms with Gasteiger partial charge >= 0.3 is 0 Å². The number of ether oxygens (including phenoxy) is 3. The first-order valence-electron chi connectivity index (χ1n) is 33.2. The molecular weight excluding hydrogens is 1000 g/mol. The Labute approximate surface area is 491 Å². The molecule has 0 radical (unpaired) electrons. The lowest BCUT2D eigenvalue weighted by molar-refractivity contribution is -0.0445. The van der Waals surface area contributed by atoms with Gasteiger partial charge in [0.05, 0.1) is 24.3 Å². The predicted molar refractivity (Wildman–Crippen MR) is 335 cm³/mol. The van der Waals surface area contributed by atoms with Gasteiger partial charge in [-0.1, -0.05) is 135 Å². The molecule has 0 N–H and O–H groups in total. The third-order valence-corrected chi connectivity index (χ3v) is 22.9. The summed E-state index contributed by atoms with van der Waals surface area (Å²) in [6.07, 6.45) is 80.5. The maximum atomic E-state index is 7.24. The van der Waals surface area contributed by atoms with Crippen molar-refractivity contribution in [2.75, 3.05) is 4.90 Å². The van der Waals surface area contributed by atoms with E-state index in [1.807, 2.05) is 6.08 Å². The van der Waals surface area contributed by atoms with Crippen molar-refractivity contribution in [2.45, 2.75) is 202 Å². The van der Waals surface area contributed by atoms with Gasteiger partial charge in [-0.25, -0.2) is 0 Å². The van der Waals surface area contributed by atoms with Crippen LogP contribution in [0.3, 0.4) is 0 Å². The van der Waals surface area contributed by atoms with Crippen molar-refractivity contribution in [3.05, 3.63) is 221 Å². The minimum Gasteiger partial charge on any atom is -0.487 e. The molecule has 0 aromatic heterocycles. The van der Waals surface area contributed by atoms with Crippen LogP contribution in [0.15, 0.2) is 210 Å². The Morgan fingerprint density at radius 2 is 1.62 bits per heavy atom. The summed E-state index contributed by atoms with van der Waals surface area (Å²) in [5, 5.41) is 0. The highest BCUT2D eigenvalue weighted by atomic mass is 16.5. The van der Waals surface area contributed by atoms with Crippen molar-refractivity contribution in [3.63, 3.8) is 0 Å². The summed E-state index contributed by atoms with van der Waals surface area (Å²) in [4.78, 5) is 5.60. The predicted octanol–water partition coefficient (Wildman–Crippen LogP) is 18.5. The number of likely N-dealkylation sites (tertiary alicyclic amines) is 1. The summed E-state index contributed by atoms with van der Waals surface area (Å²) < 4.78 is 21.0. The Morgan fingerprint density at radius 3 is 2.43 bits per heavy atom. The fraction of sp³-hybridized carbons (Fsp3) is 0.506. The molecular formula is C77H90N2O3. The number of rotatable bonds is 13. The topological polar surface area (TPSA) is 34.2 Å². The van der Waals surface area contributed by atoms with Crippen molar-refractivity contribution in [2.24, 2.45) is 41.4 Å². The van der Waals surface area contributed by atoms with E-state index < -0.39 is 0 Å². The van der Waals surface area contributed by atoms with Gasteiger partial charge in [-0.15, -0.1) is 6.58 Å². The Kier molecular flexibility index (Phi) is 14.6. The molecule has 2 aliphatic heterocycles. The van der Waals surface area contributed by atoms with Crippen molar-refractivity contribution in [1.82, 2.24) is 4.90 Å². The molecule has 14 aliphatic rings. The number of fused-ring (bicyclic) bond motifs is 8. The molecule has 82 heavy (non-hydrogen) atoms. The van der Waals surface area contributed by atoms with E-state index in [9.17, 15) is 0 Å². The van der Waals surface area contributed by atoms with Gasteiger partial charge in [0.15, 0.2) is 0 Å². The van der Waals surface area contributed by atoms with Gasteiger partial charge in [0.25, 0.3) is 0 Å². The molecule has 5 heteroatoms. The van der Waals surface area contributed by atoms with Crippen LogP contribution in [0.5, 0.6) is 0 Å². The van der Waals surface area contributed by atoms with Crippen LogP contribution in [0.25, 0.3) is 0 Å². The molecule has 426 valence electrons. The Hall–Kier alpha value is -5.78. The highest BCUT2D eigenvalue weighted by Gasteiger charge is 2.59. The van der Waals surface area contributed by atoms with Gasteiger partial charge in [0, 0.05) is 64.7 Å². The van der Waals surface area contributed by atoms with E-state index in [2.05, 4.69) is 163 Å². The van der Waals surface area contributed by atoms with Crippen molar-refractivity contribution >= 4 is 5.69 Å². The van der Waals surface area contributed by atoms with E-state index in [1.54, 1.807) is 16.8 Å². The molecule has 3 fully saturated rings. The largest absolute Gasteiger partial charge is 0.487 e. The monoisotopic (exact) mass is 1090 g/mol. The molecule has 5 nitrogen and oxygen atoms in total. The highest BCUT2D eigenvalue weighted by molar-refractivity contribution is 5.66. The minimum atomic E-state index is -0.0251. The van der Waals surface area contributed by atoms with E-state index in [0.717, 1.165) is 69.3 Å². The number of allylic oxidation sites excluding steroid dienone is 21. The quantitative estimate of drug-likeness (QED) is 0.184. The molecule has 12 aliphatic carbocycles. The van der Waals surface area contributed by atoms with E-state index in [4.69, 9.17) is 14.2 Å². The van der Waals surface area contributed by atoms with Gasteiger partial charge in [-0.3, -0.25) is 0 Å². The number of nitrogens with zero attached hydrogens (tertiary/aromatic N) is 2. The van der Waals surface area contributed by atoms with E-state index in [0.29, 0.717) is 71.6 Å². The Morgan fingerprint density at radius 1 is 0.720 bits per heavy atom. The summed E-state index contributed by atoms with van der Waals surface area (Å²) >= 11 is 0. The van der Waals surface area contributed by atoms with Crippen LogP contribution in [0.1, 0.15) is 171 Å². The normalized spacial score (nSPS) is 37.1. The molecule has 0 bridgehead atoms. The average Bonchev–Trinajstić information content (AvgIpc) is 2.54. The Bertz CT molecular complexity index is 3140. The second-order valence-corrected chi connectivity index (χ2v) is 27.2. The molecule has 1 aromatic carbocycles. The fourth-order valence-electron chi connectivity index (χ4n) is 19.0. The first kappa shape index (κ1) is 53.0. The molecule has 15 rings (SSSR count). The van der Waals surface area contributed by atoms with Gasteiger partial charge in [-0.05, 0) is 216 Å². The molecule has 1 saturated heterocycles. The summed E-state index contributed by atoms with van der Waals surface area (Å²) in [5.41, 5.74) is 13.2. The van der Waals surface area contributed by atoms with Gasteiger partial charge < -0.3 is 24.0 Å². The van der Waals surface area contributed by atoms with Crippen LogP contribution in [0.2, 0.25) is 0 Å². The number of anilines is 1. The Balaban J connectivity index is 0.762. The van der Waals surface area contributed by atoms with Crippen LogP contribution in [0.4, 0.5) is 5.69 Å². The lowest BCUT2D eigenvalue weighted by atomic mass is 9.53. The minimum absolute atomic E-state index is 0.00564. The maximum Gasteiger partial charge on any atom is 0.148 e. The molecule has 1 aromatic rings. The zero-order valence-electron chi connectivity index (χ0n) is 48.9. The van der Waals surface area contributed by atoms with Crippen LogP contribution in [-0.4, -0.2) is 41.3 Å². The lowest BCUT2D eigenvalue weighted by Gasteiger charge is -2.51. The third kappa shape index (κ3) is 9.45. The zero-order chi connectivity index (χ0) is 54.7. The lowest BCUT2D eigenvalue weighted by Crippen LogP contribution is -2.47. The molecule has 2 heterocycles. The molecule has 0 spiro atoms. The third-order valence-electron chi connectivity index (χ3n) is 22.9. The van der Waals surface area contributed by atoms with Crippen molar-refractivity contribution in [1.29, 1.82) is 0 Å². The van der Waals surface area contributed by atoms with Crippen LogP contribution in [0, 0.1) is 41.4 Å². The summed E-state index contributed by atoms with van der Waals surface area (Å²) in [5.74, 6) is 7.26. The molecule has 12 atom stereocenters. The molecule has 12 unspecified atom stereocenters. The van der Waals surface area contributed by atoms with E-state index in [1.165, 1.54) is 136 Å². The summed E-state index contributed by atoms with van der Waals surface area (Å²) in [7, 11) is 0. The number of hydrogen-bond donors (Lipinski definition) is 0. The molecule has 0 amide bonds. The smallest absolute Gasteiger partial charge is 0.148 e. The number of hydrogen-bond acceptors (Lipinski definition) is 5. The average molecular weight is 1090 g/mol. The molecule has 2 saturated carbocycles. The number of benzene rings is 1. The van der Waals surface area contributed by atoms with Gasteiger partial charge in [-0.2, -0.15) is 0 Å². The van der Waals surface area contributed by atoms with E-state index in [-0.39, 0.29) is 17.6 Å². The fourth-order valence-corrected chi connectivity index (χ4v) is 19.0. The first-order valence-corrected chi connectivity index (χ1v) is 33.2. The van der Waals surface area contributed by atoms with Crippen LogP contribution in [-0.2, 0) is 19.6 Å². The maximum absolute atomic E-state index is 7.24. The van der Waals surface area contributed by atoms with Gasteiger partial charge in [0.1, 0.15) is 23.4 Å². The SMILES string of the molecule is C=CC1=CC=C(OC2=CCC(C3(C4CCCCC4)c4cc(N(C5=CCC(C6=CC7C8CC(OC9CCC(C=C)CC9)CC=C8N(C8C=CCCC8)C7C=C6)C=C5)C5C=CC=C6C7=C(CCCC7)OC65)ccc4C4CCC=CC43)C=C2)CC1. The standard InChI is InChI=1S/C77H90N2O3/c1-3-51-26-38-60(39-27-51)80-62-42-33-56(34-43-62)77(55-16-7-5-8-17-55)70-23-13-11-20-64(70)65-45-37-59(49-71(65)77)78(74-24-15-22-67-66-21-12-14-25-75(66)82-76(67)74)58-35-30-53(31-36-58)54-32-46-72-68(48-54)69-50-63(81-61-40-28-52(4-2)29-41-61)44-47-73(69)79(72)57-18-9-6-10-19-57/h3-4,9,13,15,18,22-24,26,30,32-33,35-38,42-43,45-49,52-53,55-57,61,63-64,68-70,72,74,76H,1-2,5-8,10-12,14,16-17,19-21,25,27-29,31,34,39-41,44,50H2. The van der Waals surface area contributed by atoms with E-state index >= 15 is 0 Å². The summed E-state index contributed by atoms with van der Waals surface area (Å²) in [6, 6.07) is 8.81. The second kappa shape index (κ2) is 22.7. The first-order chi connectivity index (χ1) is 40.5. The van der Waals surface area contributed by atoms with Crippen LogP contribution >= 0.6 is 0 Å². The summed E-state index contributed by atoms with van der Waals surface area (Å²) in [6.45, 7) is 8.13. The van der Waals surface area contributed by atoms with Crippen molar-refractivity contribution in [3.8, 4) is 0 Å². The highest BCUT2D eigenvalue weighted by Crippen LogP contribution is 2.65.